The van der Waals surface area contributed by atoms with Gasteiger partial charge in [0, 0.05) is 67.5 Å². The summed E-state index contributed by atoms with van der Waals surface area (Å²) >= 11 is 0. The molecule has 0 saturated carbocycles. The van der Waals surface area contributed by atoms with Crippen LogP contribution in [-0.4, -0.2) is 171 Å². The number of nitrogens with zero attached hydrogens (tertiary/aromatic N) is 5. The Morgan fingerprint density at radius 1 is 0.619 bits per heavy atom. The predicted molar refractivity (Wildman–Crippen MR) is 355 cm³/mol. The van der Waals surface area contributed by atoms with Crippen LogP contribution in [0.1, 0.15) is 88.9 Å². The van der Waals surface area contributed by atoms with E-state index in [2.05, 4.69) is 17.4 Å². The van der Waals surface area contributed by atoms with Gasteiger partial charge in [-0.3, -0.25) is 24.4 Å². The molecule has 1 saturated heterocycles. The number of aliphatic hydroxyl groups is 4. The molecule has 1 unspecified atom stereocenters. The van der Waals surface area contributed by atoms with E-state index in [0.717, 1.165) is 45.9 Å². The van der Waals surface area contributed by atoms with Crippen molar-refractivity contribution < 1.29 is 89.2 Å². The molecule has 3 amide bonds. The first-order valence-corrected chi connectivity index (χ1v) is 33.3. The number of benzene rings is 7. The summed E-state index contributed by atoms with van der Waals surface area (Å²) in [6.07, 6.45) is -2.73. The molecule has 508 valence electrons. The maximum absolute atomic E-state index is 14.3. The van der Waals surface area contributed by atoms with Crippen molar-refractivity contribution in [2.24, 2.45) is 9.98 Å². The maximum atomic E-state index is 14.3. The number of carbonyl (C=O) groups is 3. The third kappa shape index (κ3) is 15.4. The maximum Gasteiger partial charge on any atom is 0.501 e. The SMILES string of the molecule is CCCOCCNC(=O)c1ccc(OC2O[C@H](CO)[C@H](O)[C@H](O)[C@H]2O)c(OS(=O)(=O)Oc2ccc(C[N+](C)(C)Cc3cc(COc4cc5c(cc4OC)C(=O)N4Cc6ccccc6C[C@H]4C=N5)cc(COc4cc5c(cc4OC)C(=O)N4Cc6ccccc6C[C@H]4C=N5)c3)cc2)c1. The fourth-order valence-electron chi connectivity index (χ4n) is 12.7. The lowest BCUT2D eigenvalue weighted by Crippen LogP contribution is -2.60. The molecule has 12 rings (SSSR count). The molecular weight excluding hydrogens is 1270 g/mol. The van der Waals surface area contributed by atoms with Crippen LogP contribution in [0.15, 0.2) is 143 Å². The third-order valence-corrected chi connectivity index (χ3v) is 18.3. The zero-order chi connectivity index (χ0) is 68.1. The van der Waals surface area contributed by atoms with Crippen molar-refractivity contribution in [1.29, 1.82) is 0 Å². The van der Waals surface area contributed by atoms with E-state index < -0.39 is 59.4 Å². The lowest BCUT2D eigenvalue weighted by molar-refractivity contribution is -0.916. The van der Waals surface area contributed by atoms with Gasteiger partial charge in [-0.05, 0) is 125 Å². The summed E-state index contributed by atoms with van der Waals surface area (Å²) in [6.45, 7) is 4.02. The van der Waals surface area contributed by atoms with E-state index in [9.17, 15) is 43.2 Å². The van der Waals surface area contributed by atoms with Crippen LogP contribution in [0, 0.1) is 0 Å². The highest BCUT2D eigenvalue weighted by atomic mass is 32.3. The summed E-state index contributed by atoms with van der Waals surface area (Å²) in [5.74, 6) is -0.475. The number of methoxy groups -OCH3 is 2. The van der Waals surface area contributed by atoms with Gasteiger partial charge in [0.2, 0.25) is 6.29 Å². The van der Waals surface area contributed by atoms with Gasteiger partial charge in [0.1, 0.15) is 56.5 Å². The monoisotopic (exact) mass is 1350 g/mol. The van der Waals surface area contributed by atoms with Crippen molar-refractivity contribution >= 4 is 51.9 Å². The number of fused-ring (bicyclic) bond motifs is 6. The Balaban J connectivity index is 0.773. The predicted octanol–water partition coefficient (Wildman–Crippen LogP) is 7.24. The molecule has 0 aliphatic carbocycles. The Morgan fingerprint density at radius 2 is 1.16 bits per heavy atom. The molecular formula is C72H77N6O18S+. The minimum Gasteiger partial charge on any atom is -0.493 e. The zero-order valence-corrected chi connectivity index (χ0v) is 55.1. The molecule has 7 aromatic rings. The summed E-state index contributed by atoms with van der Waals surface area (Å²) in [5.41, 5.74) is 9.51. The number of nitrogens with one attached hydrogen (secondary N) is 1. The van der Waals surface area contributed by atoms with E-state index in [0.29, 0.717) is 95.6 Å². The summed E-state index contributed by atoms with van der Waals surface area (Å²) in [4.78, 5) is 55.1. The molecule has 0 bridgehead atoms. The average Bonchev–Trinajstić information content (AvgIpc) is 1.70. The number of carbonyl (C=O) groups excluding carboxylic acids is 3. The molecule has 5 aliphatic heterocycles. The standard InChI is InChI=1S/C72H76N6O18S/c1-6-22-90-23-21-73-69(83)49-17-20-59(93-72-68(82)67(81)66(80)65(40-79)94-72)64(29-49)96-97(86,87)95-54-18-15-43(16-19-54)38-78(2,3)39-44-24-45(41-91-62-32-57-55(30-60(62)88-4)70(84)76-36-50-13-9-7-11-47(50)27-52(76)34-74-57)26-46(25-44)42-92-63-33-58-56(31-61(63)89-5)71(85)77-37-51-14-10-8-12-48(51)28-53(77)35-75-58/h7-20,24-26,29-35,52-53,65-68,72,79-82H,6,21-23,27-28,36-42H2,1-5H3/p+1/t52-,53-,65+,66-,67-,68+,72?/m0/s1. The number of aliphatic hydroxyl groups excluding tert-OH is 4. The quantitative estimate of drug-likeness (QED) is 0.0278. The Hall–Kier alpha value is -9.44. The largest absolute Gasteiger partial charge is 0.501 e. The summed E-state index contributed by atoms with van der Waals surface area (Å²) in [6, 6.07) is 38.6. The van der Waals surface area contributed by atoms with Crippen LogP contribution in [0.5, 0.6) is 40.2 Å². The number of quaternary nitrogens is 1. The molecule has 0 aromatic heterocycles. The Bertz CT molecular complexity index is 4100. The van der Waals surface area contributed by atoms with Gasteiger partial charge in [-0.25, -0.2) is 0 Å². The molecule has 0 spiro atoms. The van der Waals surface area contributed by atoms with Gasteiger partial charge in [0.05, 0.1) is 76.1 Å². The van der Waals surface area contributed by atoms with Gasteiger partial charge in [0.25, 0.3) is 17.7 Å². The highest BCUT2D eigenvalue weighted by Crippen LogP contribution is 2.42. The molecule has 7 aromatic carbocycles. The Labute approximate surface area is 561 Å². The molecule has 24 nitrogen and oxygen atoms in total. The summed E-state index contributed by atoms with van der Waals surface area (Å²) in [5, 5.41) is 44.0. The number of rotatable bonds is 25. The summed E-state index contributed by atoms with van der Waals surface area (Å²) in [7, 11) is 2.13. The van der Waals surface area contributed by atoms with Gasteiger partial charge >= 0.3 is 10.4 Å². The molecule has 7 atom stereocenters. The Morgan fingerprint density at radius 3 is 1.71 bits per heavy atom. The average molecular weight is 1350 g/mol. The van der Waals surface area contributed by atoms with Crippen molar-refractivity contribution in [2.45, 2.75) is 108 Å². The molecule has 5 aliphatic rings. The van der Waals surface area contributed by atoms with E-state index in [1.807, 2.05) is 97.8 Å². The fourth-order valence-corrected chi connectivity index (χ4v) is 13.4. The molecule has 0 radical (unpaired) electrons. The van der Waals surface area contributed by atoms with Crippen LogP contribution in [0.4, 0.5) is 11.4 Å². The minimum absolute atomic E-state index is 0.0459. The highest BCUT2D eigenvalue weighted by molar-refractivity contribution is 7.82. The van der Waals surface area contributed by atoms with Crippen LogP contribution in [0.3, 0.4) is 0 Å². The smallest absolute Gasteiger partial charge is 0.493 e. The zero-order valence-electron chi connectivity index (χ0n) is 54.2. The van der Waals surface area contributed by atoms with Gasteiger partial charge in [-0.1, -0.05) is 55.5 Å². The van der Waals surface area contributed by atoms with Crippen LogP contribution >= 0.6 is 0 Å². The van der Waals surface area contributed by atoms with E-state index in [-0.39, 0.29) is 67.3 Å². The van der Waals surface area contributed by atoms with Crippen LogP contribution < -0.4 is 37.4 Å². The lowest BCUT2D eigenvalue weighted by atomic mass is 9.94. The van der Waals surface area contributed by atoms with Gasteiger partial charge in [-0.15, -0.1) is 8.42 Å². The van der Waals surface area contributed by atoms with Crippen molar-refractivity contribution in [2.75, 3.05) is 54.7 Å². The molecule has 5 N–H and O–H groups in total. The first-order valence-electron chi connectivity index (χ1n) is 31.9. The van der Waals surface area contributed by atoms with Crippen LogP contribution in [-0.2, 0) is 72.1 Å². The second kappa shape index (κ2) is 29.1. The van der Waals surface area contributed by atoms with E-state index in [4.69, 9.17) is 51.5 Å². The molecule has 25 heteroatoms. The molecule has 1 fully saturated rings. The van der Waals surface area contributed by atoms with Crippen molar-refractivity contribution in [1.82, 2.24) is 15.1 Å². The van der Waals surface area contributed by atoms with Crippen LogP contribution in [0.2, 0.25) is 0 Å². The first-order chi connectivity index (χ1) is 46.8. The van der Waals surface area contributed by atoms with Gasteiger partial charge < -0.3 is 81.5 Å². The molecule has 5 heterocycles. The Kier molecular flexibility index (Phi) is 20.3. The number of hydrogen-bond donors (Lipinski definition) is 5. The topological polar surface area (TPSA) is 293 Å². The van der Waals surface area contributed by atoms with Crippen molar-refractivity contribution in [3.63, 3.8) is 0 Å². The highest BCUT2D eigenvalue weighted by Gasteiger charge is 2.45. The van der Waals surface area contributed by atoms with E-state index >= 15 is 0 Å². The first kappa shape index (κ1) is 67.5. The second-order valence-corrected chi connectivity index (χ2v) is 26.2. The number of aliphatic imine (C=N–C) groups is 2. The van der Waals surface area contributed by atoms with Gasteiger partial charge in [-0.2, -0.15) is 0 Å². The second-order valence-electron chi connectivity index (χ2n) is 25.1. The van der Waals surface area contributed by atoms with Crippen LogP contribution in [0.25, 0.3) is 0 Å². The van der Waals surface area contributed by atoms with Crippen molar-refractivity contribution in [3.8, 4) is 40.2 Å². The lowest BCUT2D eigenvalue weighted by Gasteiger charge is -2.39. The number of amides is 3. The minimum atomic E-state index is -5.01. The normalized spacial score (nSPS) is 20.2. The fraction of sp³-hybridized carbons (Fsp3) is 0.347. The van der Waals surface area contributed by atoms with E-state index in [1.165, 1.54) is 49.6 Å². The summed E-state index contributed by atoms with van der Waals surface area (Å²) < 4.78 is 80.5. The number of hydrogen-bond acceptors (Lipinski definition) is 20. The van der Waals surface area contributed by atoms with E-state index in [1.54, 1.807) is 36.4 Å². The molecule has 97 heavy (non-hydrogen) atoms. The number of ether oxygens (including phenoxy) is 7. The third-order valence-electron chi connectivity index (χ3n) is 17.5. The van der Waals surface area contributed by atoms with Crippen molar-refractivity contribution in [3.05, 3.63) is 195 Å². The van der Waals surface area contributed by atoms with Gasteiger partial charge in [0.15, 0.2) is 34.5 Å².